The number of allylic oxidation sites excluding steroid dienone is 1. The van der Waals surface area contributed by atoms with E-state index in [0.717, 1.165) is 0 Å². The number of hydrogen-bond acceptors (Lipinski definition) is 9. The Morgan fingerprint density at radius 2 is 1.60 bits per heavy atom. The summed E-state index contributed by atoms with van der Waals surface area (Å²) < 4.78 is 27.0. The minimum Gasteiger partial charge on any atom is -0.493 e. The molecule has 0 aromatic heterocycles. The summed E-state index contributed by atoms with van der Waals surface area (Å²) in [6.07, 6.45) is -0.0127. The highest BCUT2D eigenvalue weighted by atomic mass is 32.2. The number of hydrogen-bond donors (Lipinski definition) is 1. The van der Waals surface area contributed by atoms with E-state index in [1.54, 1.807) is 30.3 Å². The number of nitriles is 1. The van der Waals surface area contributed by atoms with E-state index in [0.29, 0.717) is 50.5 Å². The van der Waals surface area contributed by atoms with Crippen LogP contribution in [0.3, 0.4) is 0 Å². The zero-order valence-electron chi connectivity index (χ0n) is 20.1. The predicted molar refractivity (Wildman–Crippen MR) is 129 cm³/mol. The van der Waals surface area contributed by atoms with Crippen molar-refractivity contribution < 1.29 is 33.6 Å². The van der Waals surface area contributed by atoms with Crippen LogP contribution in [0.1, 0.15) is 23.5 Å². The van der Waals surface area contributed by atoms with Crippen molar-refractivity contribution in [1.82, 2.24) is 4.90 Å². The summed E-state index contributed by atoms with van der Waals surface area (Å²) in [6.45, 7) is 0. The predicted octanol–water partition coefficient (Wildman–Crippen LogP) is 3.37. The van der Waals surface area contributed by atoms with Crippen LogP contribution in [-0.2, 0) is 10.5 Å². The van der Waals surface area contributed by atoms with Gasteiger partial charge in [-0.25, -0.2) is 0 Å². The standard InChI is InChI=1S/C25H26N2O7S/c1-30-18-7-6-15(10-19(18)31-2)25(29)13-35-24-17(12-26)16(11-22(28)27(24)25)14-8-20(32-3)23(34-5)21(9-14)33-4/h6-10,16,29H,11,13H2,1-5H3/t16-,25-/m1/s1. The lowest BCUT2D eigenvalue weighted by Crippen LogP contribution is -2.48. The maximum absolute atomic E-state index is 13.5. The number of amides is 1. The number of thioether (sulfide) groups is 1. The van der Waals surface area contributed by atoms with Gasteiger partial charge in [0.05, 0.1) is 58.0 Å². The maximum Gasteiger partial charge on any atom is 0.231 e. The largest absolute Gasteiger partial charge is 0.493 e. The van der Waals surface area contributed by atoms with Crippen LogP contribution in [-0.4, -0.2) is 57.2 Å². The fourth-order valence-electron chi connectivity index (χ4n) is 4.51. The average molecular weight is 499 g/mol. The molecule has 2 heterocycles. The number of carbonyl (C=O) groups excluding carboxylic acids is 1. The first kappa shape index (κ1) is 24.6. The first-order valence-corrected chi connectivity index (χ1v) is 11.7. The second-order valence-corrected chi connectivity index (χ2v) is 8.91. The Kier molecular flexibility index (Phi) is 6.74. The van der Waals surface area contributed by atoms with Gasteiger partial charge in [0, 0.05) is 17.9 Å². The Bertz CT molecular complexity index is 1210. The van der Waals surface area contributed by atoms with E-state index in [2.05, 4.69) is 6.07 Å². The molecule has 184 valence electrons. The van der Waals surface area contributed by atoms with Crippen LogP contribution >= 0.6 is 11.8 Å². The van der Waals surface area contributed by atoms with Crippen molar-refractivity contribution in [2.24, 2.45) is 0 Å². The van der Waals surface area contributed by atoms with Gasteiger partial charge in [0.1, 0.15) is 0 Å². The van der Waals surface area contributed by atoms with Crippen LogP contribution in [0, 0.1) is 11.3 Å². The molecule has 1 fully saturated rings. The minimum absolute atomic E-state index is 0.0127. The third kappa shape index (κ3) is 3.90. The molecule has 10 heteroatoms. The molecule has 0 saturated carbocycles. The van der Waals surface area contributed by atoms with Gasteiger partial charge in [0.25, 0.3) is 0 Å². The van der Waals surface area contributed by atoms with E-state index in [1.165, 1.54) is 52.2 Å². The molecular weight excluding hydrogens is 472 g/mol. The van der Waals surface area contributed by atoms with E-state index >= 15 is 0 Å². The summed E-state index contributed by atoms with van der Waals surface area (Å²) in [6, 6.07) is 10.8. The maximum atomic E-state index is 13.5. The molecule has 0 aliphatic carbocycles. The molecule has 9 nitrogen and oxygen atoms in total. The molecule has 1 saturated heterocycles. The van der Waals surface area contributed by atoms with Crippen molar-refractivity contribution in [3.63, 3.8) is 0 Å². The SMILES string of the molecule is COc1ccc([C@]2(O)CSC3=C(C#N)[C@@H](c4cc(OC)c(OC)c(OC)c4)CC(=O)N32)cc1OC. The van der Waals surface area contributed by atoms with Crippen molar-refractivity contribution >= 4 is 17.7 Å². The Labute approximate surface area is 207 Å². The van der Waals surface area contributed by atoms with E-state index < -0.39 is 11.6 Å². The molecule has 4 rings (SSSR count). The van der Waals surface area contributed by atoms with Crippen molar-refractivity contribution in [3.05, 3.63) is 52.1 Å². The molecule has 1 N–H and O–H groups in total. The lowest BCUT2D eigenvalue weighted by Gasteiger charge is -2.38. The number of rotatable bonds is 7. The molecule has 1 amide bonds. The second kappa shape index (κ2) is 9.60. The van der Waals surface area contributed by atoms with Gasteiger partial charge in [-0.1, -0.05) is 6.07 Å². The lowest BCUT2D eigenvalue weighted by atomic mass is 9.85. The third-order valence-electron chi connectivity index (χ3n) is 6.25. The molecule has 2 aromatic carbocycles. The lowest BCUT2D eigenvalue weighted by molar-refractivity contribution is -0.149. The van der Waals surface area contributed by atoms with Gasteiger partial charge in [0.15, 0.2) is 28.7 Å². The molecule has 0 bridgehead atoms. The van der Waals surface area contributed by atoms with E-state index in [4.69, 9.17) is 23.7 Å². The van der Waals surface area contributed by atoms with Crippen LogP contribution < -0.4 is 23.7 Å². The Morgan fingerprint density at radius 3 is 2.14 bits per heavy atom. The first-order valence-electron chi connectivity index (χ1n) is 10.7. The van der Waals surface area contributed by atoms with Gasteiger partial charge in [-0.15, -0.1) is 11.8 Å². The molecule has 2 aliphatic heterocycles. The highest BCUT2D eigenvalue weighted by molar-refractivity contribution is 8.03. The molecule has 0 radical (unpaired) electrons. The third-order valence-corrected chi connectivity index (χ3v) is 7.47. The first-order chi connectivity index (χ1) is 16.9. The number of fused-ring (bicyclic) bond motifs is 1. The highest BCUT2D eigenvalue weighted by Crippen LogP contribution is 2.53. The summed E-state index contributed by atoms with van der Waals surface area (Å²) in [4.78, 5) is 14.8. The molecular formula is C25H26N2O7S. The summed E-state index contributed by atoms with van der Waals surface area (Å²) in [5.41, 5.74) is -0.104. The zero-order chi connectivity index (χ0) is 25.3. The van der Waals surface area contributed by atoms with Crippen molar-refractivity contribution in [2.45, 2.75) is 18.1 Å². The van der Waals surface area contributed by atoms with E-state index in [-0.39, 0.29) is 18.1 Å². The van der Waals surface area contributed by atoms with Crippen molar-refractivity contribution in [2.75, 3.05) is 41.3 Å². The van der Waals surface area contributed by atoms with E-state index in [1.807, 2.05) is 0 Å². The van der Waals surface area contributed by atoms with Crippen LogP contribution in [0.5, 0.6) is 28.7 Å². The summed E-state index contributed by atoms with van der Waals surface area (Å²) >= 11 is 1.27. The van der Waals surface area contributed by atoms with Gasteiger partial charge in [0.2, 0.25) is 11.7 Å². The number of aliphatic hydroxyl groups is 1. The molecule has 0 unspecified atom stereocenters. The monoisotopic (exact) mass is 498 g/mol. The Balaban J connectivity index is 1.81. The van der Waals surface area contributed by atoms with Gasteiger partial charge in [-0.3, -0.25) is 9.69 Å². The van der Waals surface area contributed by atoms with Crippen LogP contribution in [0.15, 0.2) is 40.9 Å². The smallest absolute Gasteiger partial charge is 0.231 e. The quantitative estimate of drug-likeness (QED) is 0.614. The molecule has 2 aliphatic rings. The molecule has 0 spiro atoms. The fourth-order valence-corrected chi connectivity index (χ4v) is 5.87. The van der Waals surface area contributed by atoms with Gasteiger partial charge in [-0.2, -0.15) is 5.26 Å². The number of carbonyl (C=O) groups is 1. The van der Waals surface area contributed by atoms with Gasteiger partial charge >= 0.3 is 0 Å². The zero-order valence-corrected chi connectivity index (χ0v) is 20.9. The van der Waals surface area contributed by atoms with Crippen LogP contribution in [0.4, 0.5) is 0 Å². The molecule has 2 atom stereocenters. The minimum atomic E-state index is -1.64. The summed E-state index contributed by atoms with van der Waals surface area (Å²) in [5, 5.41) is 22.3. The van der Waals surface area contributed by atoms with Crippen LogP contribution in [0.2, 0.25) is 0 Å². The second-order valence-electron chi connectivity index (χ2n) is 7.95. The highest BCUT2D eigenvalue weighted by Gasteiger charge is 2.52. The normalized spacial score (nSPS) is 21.3. The van der Waals surface area contributed by atoms with Gasteiger partial charge < -0.3 is 28.8 Å². The van der Waals surface area contributed by atoms with Crippen molar-refractivity contribution in [1.29, 1.82) is 5.26 Å². The number of ether oxygens (including phenoxy) is 5. The topological polar surface area (TPSA) is 110 Å². The Morgan fingerprint density at radius 1 is 0.971 bits per heavy atom. The number of methoxy groups -OCH3 is 5. The number of benzene rings is 2. The Hall–Kier alpha value is -3.55. The van der Waals surface area contributed by atoms with Crippen LogP contribution in [0.25, 0.3) is 0 Å². The molecule has 35 heavy (non-hydrogen) atoms. The summed E-state index contributed by atoms with van der Waals surface area (Å²) in [5.74, 6) is 1.54. The number of nitrogens with zero attached hydrogens (tertiary/aromatic N) is 2. The average Bonchev–Trinajstić information content (AvgIpc) is 3.26. The summed E-state index contributed by atoms with van der Waals surface area (Å²) in [7, 11) is 7.55. The van der Waals surface area contributed by atoms with Crippen molar-refractivity contribution in [3.8, 4) is 34.8 Å². The molecule has 2 aromatic rings. The fraction of sp³-hybridized carbons (Fsp3) is 0.360. The van der Waals surface area contributed by atoms with Gasteiger partial charge in [-0.05, 0) is 29.8 Å². The van der Waals surface area contributed by atoms with E-state index in [9.17, 15) is 15.2 Å².